The van der Waals surface area contributed by atoms with Crippen LogP contribution in [0, 0.1) is 5.41 Å². The van der Waals surface area contributed by atoms with Crippen molar-refractivity contribution in [2.24, 2.45) is 11.1 Å². The lowest BCUT2D eigenvalue weighted by atomic mass is 9.84. The monoisotopic (exact) mass is 241 g/mol. The molecule has 0 aromatic carbocycles. The lowest BCUT2D eigenvalue weighted by Gasteiger charge is -2.41. The number of piperidine rings is 1. The molecular formula is C14H31N3. The first-order valence-corrected chi connectivity index (χ1v) is 7.05. The number of rotatable bonds is 5. The second-order valence-electron chi connectivity index (χ2n) is 6.36. The van der Waals surface area contributed by atoms with Crippen molar-refractivity contribution in [2.45, 2.75) is 52.6 Å². The van der Waals surface area contributed by atoms with E-state index < -0.39 is 0 Å². The van der Waals surface area contributed by atoms with Crippen LogP contribution in [0.3, 0.4) is 0 Å². The largest absolute Gasteiger partial charge is 0.327 e. The summed E-state index contributed by atoms with van der Waals surface area (Å²) < 4.78 is 0. The van der Waals surface area contributed by atoms with Crippen molar-refractivity contribution in [1.82, 2.24) is 9.80 Å². The lowest BCUT2D eigenvalue weighted by molar-refractivity contribution is 0.0915. The maximum atomic E-state index is 6.06. The molecule has 1 saturated heterocycles. The number of nitrogens with two attached hydrogens (primary N) is 1. The molecule has 1 atom stereocenters. The van der Waals surface area contributed by atoms with Crippen LogP contribution in [0.2, 0.25) is 0 Å². The van der Waals surface area contributed by atoms with Crippen LogP contribution in [0.25, 0.3) is 0 Å². The second-order valence-corrected chi connectivity index (χ2v) is 6.36. The predicted octanol–water partition coefficient (Wildman–Crippen LogP) is 1.78. The van der Waals surface area contributed by atoms with Crippen molar-refractivity contribution >= 4 is 0 Å². The third kappa shape index (κ3) is 4.23. The van der Waals surface area contributed by atoms with E-state index >= 15 is 0 Å². The van der Waals surface area contributed by atoms with Crippen LogP contribution < -0.4 is 5.73 Å². The van der Waals surface area contributed by atoms with Crippen molar-refractivity contribution in [1.29, 1.82) is 0 Å². The molecule has 3 heteroatoms. The molecule has 0 radical (unpaired) electrons. The van der Waals surface area contributed by atoms with Gasteiger partial charge in [-0.3, -0.25) is 0 Å². The fraction of sp³-hybridized carbons (Fsp3) is 1.00. The van der Waals surface area contributed by atoms with E-state index in [1.807, 2.05) is 0 Å². The van der Waals surface area contributed by atoms with Gasteiger partial charge in [-0.1, -0.05) is 20.8 Å². The zero-order valence-electron chi connectivity index (χ0n) is 12.4. The van der Waals surface area contributed by atoms with Crippen molar-refractivity contribution < 1.29 is 0 Å². The smallest absolute Gasteiger partial charge is 0.0117 e. The lowest BCUT2D eigenvalue weighted by Crippen LogP contribution is -2.49. The van der Waals surface area contributed by atoms with Gasteiger partial charge < -0.3 is 15.5 Å². The molecule has 1 fully saturated rings. The number of nitrogens with zero attached hydrogens (tertiary/aromatic N) is 2. The summed E-state index contributed by atoms with van der Waals surface area (Å²) in [5.41, 5.74) is 6.26. The molecule has 0 saturated carbocycles. The van der Waals surface area contributed by atoms with E-state index in [-0.39, 0.29) is 11.5 Å². The summed E-state index contributed by atoms with van der Waals surface area (Å²) in [6, 6.07) is 0.997. The highest BCUT2D eigenvalue weighted by molar-refractivity contribution is 4.85. The molecule has 0 spiro atoms. The summed E-state index contributed by atoms with van der Waals surface area (Å²) >= 11 is 0. The Morgan fingerprint density at radius 2 is 1.88 bits per heavy atom. The molecule has 1 aliphatic rings. The van der Waals surface area contributed by atoms with E-state index in [1.165, 1.54) is 32.5 Å². The molecule has 0 bridgehead atoms. The summed E-state index contributed by atoms with van der Waals surface area (Å²) in [4.78, 5) is 5.07. The van der Waals surface area contributed by atoms with Gasteiger partial charge >= 0.3 is 0 Å². The summed E-state index contributed by atoms with van der Waals surface area (Å²) in [5.74, 6) is 0. The molecule has 102 valence electrons. The molecule has 1 aliphatic heterocycles. The zero-order chi connectivity index (χ0) is 13.1. The number of hydrogen-bond acceptors (Lipinski definition) is 3. The van der Waals surface area contributed by atoms with Gasteiger partial charge in [0.25, 0.3) is 0 Å². The van der Waals surface area contributed by atoms with Gasteiger partial charge in [0.2, 0.25) is 0 Å². The minimum atomic E-state index is 0.205. The molecule has 1 rings (SSSR count). The minimum Gasteiger partial charge on any atom is -0.327 e. The predicted molar refractivity (Wildman–Crippen MR) is 75.2 cm³/mol. The first-order valence-electron chi connectivity index (χ1n) is 7.05. The minimum absolute atomic E-state index is 0.205. The molecular weight excluding hydrogens is 210 g/mol. The zero-order valence-corrected chi connectivity index (χ0v) is 12.4. The van der Waals surface area contributed by atoms with Crippen molar-refractivity contribution in [2.75, 3.05) is 33.2 Å². The van der Waals surface area contributed by atoms with Crippen molar-refractivity contribution in [3.8, 4) is 0 Å². The van der Waals surface area contributed by atoms with Gasteiger partial charge in [0.05, 0.1) is 0 Å². The van der Waals surface area contributed by atoms with Crippen LogP contribution >= 0.6 is 0 Å². The van der Waals surface area contributed by atoms with Crippen molar-refractivity contribution in [3.05, 3.63) is 0 Å². The third-order valence-electron chi connectivity index (χ3n) is 4.52. The molecule has 0 aliphatic carbocycles. The highest BCUT2D eigenvalue weighted by Crippen LogP contribution is 2.23. The van der Waals surface area contributed by atoms with Gasteiger partial charge in [-0.15, -0.1) is 0 Å². The molecule has 2 N–H and O–H groups in total. The first kappa shape index (κ1) is 14.9. The summed E-state index contributed by atoms with van der Waals surface area (Å²) in [7, 11) is 2.26. The number of hydrogen-bond donors (Lipinski definition) is 1. The number of likely N-dealkylation sites (tertiary alicyclic amines) is 1. The SMILES string of the molecule is CCN1CCC(N(C)CC(C)(C)C(C)N)CC1. The third-order valence-corrected chi connectivity index (χ3v) is 4.52. The van der Waals surface area contributed by atoms with E-state index in [4.69, 9.17) is 5.73 Å². The summed E-state index contributed by atoms with van der Waals surface area (Å²) in [6.45, 7) is 13.7. The highest BCUT2D eigenvalue weighted by atomic mass is 15.2. The van der Waals surface area contributed by atoms with Gasteiger partial charge in [-0.2, -0.15) is 0 Å². The molecule has 0 aromatic heterocycles. The normalized spacial score (nSPS) is 22.1. The van der Waals surface area contributed by atoms with E-state index in [9.17, 15) is 0 Å². The van der Waals surface area contributed by atoms with Gasteiger partial charge in [-0.25, -0.2) is 0 Å². The van der Waals surface area contributed by atoms with E-state index in [0.29, 0.717) is 0 Å². The van der Waals surface area contributed by atoms with Gasteiger partial charge in [-0.05, 0) is 51.9 Å². The van der Waals surface area contributed by atoms with E-state index in [0.717, 1.165) is 12.6 Å². The van der Waals surface area contributed by atoms with Gasteiger partial charge in [0, 0.05) is 18.6 Å². The standard InChI is InChI=1S/C14H31N3/c1-6-17-9-7-13(8-10-17)16(5)11-14(3,4)12(2)15/h12-13H,6-11,15H2,1-5H3. The Kier molecular flexibility index (Phi) is 5.42. The summed E-state index contributed by atoms with van der Waals surface area (Å²) in [6.07, 6.45) is 2.61. The van der Waals surface area contributed by atoms with Gasteiger partial charge in [0.15, 0.2) is 0 Å². The quantitative estimate of drug-likeness (QED) is 0.796. The average Bonchev–Trinajstić information content (AvgIpc) is 2.28. The summed E-state index contributed by atoms with van der Waals surface area (Å²) in [5, 5.41) is 0. The molecule has 3 nitrogen and oxygen atoms in total. The molecule has 0 amide bonds. The van der Waals surface area contributed by atoms with E-state index in [1.54, 1.807) is 0 Å². The Hall–Kier alpha value is -0.120. The Balaban J connectivity index is 2.41. The topological polar surface area (TPSA) is 32.5 Å². The maximum Gasteiger partial charge on any atom is 0.0117 e. The fourth-order valence-electron chi connectivity index (χ4n) is 2.59. The van der Waals surface area contributed by atoms with Crippen LogP contribution in [0.15, 0.2) is 0 Å². The van der Waals surface area contributed by atoms with Crippen molar-refractivity contribution in [3.63, 3.8) is 0 Å². The Bertz CT molecular complexity index is 218. The van der Waals surface area contributed by atoms with Crippen LogP contribution in [-0.2, 0) is 0 Å². The molecule has 0 aromatic rings. The highest BCUT2D eigenvalue weighted by Gasteiger charge is 2.29. The molecule has 17 heavy (non-hydrogen) atoms. The van der Waals surface area contributed by atoms with Crippen LogP contribution in [0.1, 0.15) is 40.5 Å². The first-order chi connectivity index (χ1) is 7.86. The van der Waals surface area contributed by atoms with Crippen LogP contribution in [0.4, 0.5) is 0 Å². The fourth-order valence-corrected chi connectivity index (χ4v) is 2.59. The molecule has 1 unspecified atom stereocenters. The Labute approximate surface area is 107 Å². The van der Waals surface area contributed by atoms with Crippen LogP contribution in [-0.4, -0.2) is 55.1 Å². The maximum absolute atomic E-state index is 6.06. The van der Waals surface area contributed by atoms with Gasteiger partial charge in [0.1, 0.15) is 0 Å². The van der Waals surface area contributed by atoms with Crippen LogP contribution in [0.5, 0.6) is 0 Å². The molecule has 1 heterocycles. The average molecular weight is 241 g/mol. The Morgan fingerprint density at radius 1 is 1.35 bits per heavy atom. The van der Waals surface area contributed by atoms with E-state index in [2.05, 4.69) is 44.5 Å². The second kappa shape index (κ2) is 6.17. The Morgan fingerprint density at radius 3 is 2.29 bits per heavy atom.